The summed E-state index contributed by atoms with van der Waals surface area (Å²) in [6, 6.07) is 14.9. The molecule has 0 bridgehead atoms. The van der Waals surface area contributed by atoms with E-state index < -0.39 is 5.97 Å². The number of rotatable bonds is 5. The van der Waals surface area contributed by atoms with E-state index in [-0.39, 0.29) is 5.57 Å². The summed E-state index contributed by atoms with van der Waals surface area (Å²) in [5.41, 5.74) is 2.85. The van der Waals surface area contributed by atoms with Crippen LogP contribution in [0.1, 0.15) is 23.6 Å². The first kappa shape index (κ1) is 14.9. The van der Waals surface area contributed by atoms with Crippen LogP contribution in [0.25, 0.3) is 11.6 Å². The summed E-state index contributed by atoms with van der Waals surface area (Å²) < 4.78 is 5.38. The fourth-order valence-corrected chi connectivity index (χ4v) is 2.07. The van der Waals surface area contributed by atoms with Gasteiger partial charge in [-0.25, -0.2) is 4.79 Å². The minimum atomic E-state index is -0.936. The van der Waals surface area contributed by atoms with E-state index in [9.17, 15) is 9.90 Å². The van der Waals surface area contributed by atoms with E-state index in [0.29, 0.717) is 12.2 Å². The Balaban J connectivity index is 2.35. The summed E-state index contributed by atoms with van der Waals surface area (Å²) in [5.74, 6) is -0.156. The van der Waals surface area contributed by atoms with Gasteiger partial charge in [-0.3, -0.25) is 0 Å². The lowest BCUT2D eigenvalue weighted by molar-refractivity contribution is -0.130. The van der Waals surface area contributed by atoms with E-state index >= 15 is 0 Å². The molecule has 1 N–H and O–H groups in total. The molecule has 3 heteroatoms. The fraction of sp³-hybridized carbons (Fsp3) is 0.167. The molecule has 2 aromatic carbocycles. The van der Waals surface area contributed by atoms with Gasteiger partial charge in [0.15, 0.2) is 0 Å². The second kappa shape index (κ2) is 6.75. The molecule has 0 amide bonds. The van der Waals surface area contributed by atoms with Crippen molar-refractivity contribution in [1.82, 2.24) is 0 Å². The predicted octanol–water partition coefficient (Wildman–Crippen LogP) is 4.02. The molecule has 0 heterocycles. The zero-order valence-corrected chi connectivity index (χ0v) is 12.2. The Bertz CT molecular complexity index is 654. The van der Waals surface area contributed by atoms with Crippen molar-refractivity contribution in [1.29, 1.82) is 0 Å². The van der Waals surface area contributed by atoms with E-state index in [0.717, 1.165) is 16.9 Å². The summed E-state index contributed by atoms with van der Waals surface area (Å²) in [6.07, 6.45) is 1.67. The zero-order chi connectivity index (χ0) is 15.2. The Morgan fingerprint density at radius 1 is 1.19 bits per heavy atom. The van der Waals surface area contributed by atoms with E-state index in [4.69, 9.17) is 4.74 Å². The van der Waals surface area contributed by atoms with Gasteiger partial charge in [-0.1, -0.05) is 42.0 Å². The van der Waals surface area contributed by atoms with Crippen LogP contribution < -0.4 is 4.74 Å². The maximum Gasteiger partial charge on any atom is 0.336 e. The van der Waals surface area contributed by atoms with E-state index in [1.165, 1.54) is 0 Å². The van der Waals surface area contributed by atoms with Gasteiger partial charge in [0, 0.05) is 0 Å². The van der Waals surface area contributed by atoms with Crippen LogP contribution in [-0.4, -0.2) is 17.7 Å². The van der Waals surface area contributed by atoms with Crippen LogP contribution in [0, 0.1) is 6.92 Å². The second-order valence-corrected chi connectivity index (χ2v) is 4.73. The molecule has 0 atom stereocenters. The first-order valence-electron chi connectivity index (χ1n) is 6.85. The molecule has 21 heavy (non-hydrogen) atoms. The Morgan fingerprint density at radius 2 is 1.90 bits per heavy atom. The van der Waals surface area contributed by atoms with Crippen molar-refractivity contribution in [2.45, 2.75) is 13.8 Å². The molecule has 0 spiro atoms. The SMILES string of the molecule is CCOc1ccc(/C=C(/C(=O)O)c2cccc(C)c2)cc1. The number of carboxylic acid groups (broad SMARTS) is 1. The van der Waals surface area contributed by atoms with Crippen LogP contribution in [0.4, 0.5) is 0 Å². The minimum absolute atomic E-state index is 0.280. The summed E-state index contributed by atoms with van der Waals surface area (Å²) in [4.78, 5) is 11.5. The van der Waals surface area contributed by atoms with Crippen molar-refractivity contribution in [3.05, 3.63) is 65.2 Å². The van der Waals surface area contributed by atoms with Gasteiger partial charge in [-0.05, 0) is 43.2 Å². The normalized spacial score (nSPS) is 11.2. The van der Waals surface area contributed by atoms with Gasteiger partial charge in [-0.15, -0.1) is 0 Å². The summed E-state index contributed by atoms with van der Waals surface area (Å²) in [6.45, 7) is 4.48. The summed E-state index contributed by atoms with van der Waals surface area (Å²) >= 11 is 0. The molecule has 0 unspecified atom stereocenters. The highest BCUT2D eigenvalue weighted by molar-refractivity contribution is 6.20. The van der Waals surface area contributed by atoms with Crippen molar-refractivity contribution in [3.63, 3.8) is 0 Å². The number of benzene rings is 2. The van der Waals surface area contributed by atoms with Crippen LogP contribution in [0.15, 0.2) is 48.5 Å². The first-order valence-corrected chi connectivity index (χ1v) is 6.85. The van der Waals surface area contributed by atoms with Crippen molar-refractivity contribution in [2.75, 3.05) is 6.61 Å². The molecule has 0 radical (unpaired) electrons. The van der Waals surface area contributed by atoms with Crippen LogP contribution >= 0.6 is 0 Å². The Kier molecular flexibility index (Phi) is 4.77. The second-order valence-electron chi connectivity index (χ2n) is 4.73. The van der Waals surface area contributed by atoms with Gasteiger partial charge < -0.3 is 9.84 Å². The quantitative estimate of drug-likeness (QED) is 0.665. The number of hydrogen-bond acceptors (Lipinski definition) is 2. The number of aryl methyl sites for hydroxylation is 1. The summed E-state index contributed by atoms with van der Waals surface area (Å²) in [7, 11) is 0. The molecular weight excluding hydrogens is 264 g/mol. The van der Waals surface area contributed by atoms with Gasteiger partial charge >= 0.3 is 5.97 Å². The number of carboxylic acids is 1. The van der Waals surface area contributed by atoms with Crippen molar-refractivity contribution < 1.29 is 14.6 Å². The van der Waals surface area contributed by atoms with Gasteiger partial charge in [0.2, 0.25) is 0 Å². The Labute approximate surface area is 124 Å². The largest absolute Gasteiger partial charge is 0.494 e. The van der Waals surface area contributed by atoms with Crippen LogP contribution in [0.5, 0.6) is 5.75 Å². The smallest absolute Gasteiger partial charge is 0.336 e. The van der Waals surface area contributed by atoms with E-state index in [2.05, 4.69) is 0 Å². The van der Waals surface area contributed by atoms with Crippen molar-refractivity contribution in [3.8, 4) is 5.75 Å². The van der Waals surface area contributed by atoms with Gasteiger partial charge in [0.25, 0.3) is 0 Å². The molecule has 3 nitrogen and oxygen atoms in total. The molecule has 2 rings (SSSR count). The van der Waals surface area contributed by atoms with Gasteiger partial charge in [-0.2, -0.15) is 0 Å². The highest BCUT2D eigenvalue weighted by atomic mass is 16.5. The lowest BCUT2D eigenvalue weighted by atomic mass is 10.0. The fourth-order valence-electron chi connectivity index (χ4n) is 2.07. The lowest BCUT2D eigenvalue weighted by Gasteiger charge is -2.06. The Hall–Kier alpha value is -2.55. The average Bonchev–Trinajstić information content (AvgIpc) is 2.46. The molecule has 0 aliphatic carbocycles. The minimum Gasteiger partial charge on any atom is -0.494 e. The van der Waals surface area contributed by atoms with E-state index in [1.807, 2.05) is 62.4 Å². The van der Waals surface area contributed by atoms with Gasteiger partial charge in [0.1, 0.15) is 5.75 Å². The number of carbonyl (C=O) groups is 1. The predicted molar refractivity (Wildman–Crippen MR) is 84.3 cm³/mol. The molecule has 0 aliphatic heterocycles. The third-order valence-electron chi connectivity index (χ3n) is 3.06. The number of ether oxygens (including phenoxy) is 1. The molecule has 0 saturated carbocycles. The lowest BCUT2D eigenvalue weighted by Crippen LogP contribution is -2.00. The average molecular weight is 282 g/mol. The van der Waals surface area contributed by atoms with E-state index in [1.54, 1.807) is 6.08 Å². The van der Waals surface area contributed by atoms with Crippen LogP contribution in [0.3, 0.4) is 0 Å². The molecule has 0 fully saturated rings. The molecule has 0 saturated heterocycles. The molecule has 0 aliphatic rings. The first-order chi connectivity index (χ1) is 10.1. The number of hydrogen-bond donors (Lipinski definition) is 1. The molecular formula is C18H18O3. The topological polar surface area (TPSA) is 46.5 Å². The van der Waals surface area contributed by atoms with Crippen molar-refractivity contribution >= 4 is 17.6 Å². The standard InChI is InChI=1S/C18H18O3/c1-3-21-16-9-7-14(8-10-16)12-17(18(19)20)15-6-4-5-13(2)11-15/h4-12H,3H2,1-2H3,(H,19,20)/b17-12+. The molecule has 0 aromatic heterocycles. The Morgan fingerprint density at radius 3 is 2.48 bits per heavy atom. The maximum absolute atomic E-state index is 11.5. The van der Waals surface area contributed by atoms with Crippen LogP contribution in [0.2, 0.25) is 0 Å². The third-order valence-corrected chi connectivity index (χ3v) is 3.06. The highest BCUT2D eigenvalue weighted by Crippen LogP contribution is 2.21. The van der Waals surface area contributed by atoms with Gasteiger partial charge in [0.05, 0.1) is 12.2 Å². The molecule has 2 aromatic rings. The third kappa shape index (κ3) is 3.96. The highest BCUT2D eigenvalue weighted by Gasteiger charge is 2.10. The summed E-state index contributed by atoms with van der Waals surface area (Å²) in [5, 5.41) is 9.42. The monoisotopic (exact) mass is 282 g/mol. The zero-order valence-electron chi connectivity index (χ0n) is 12.2. The van der Waals surface area contributed by atoms with Crippen molar-refractivity contribution in [2.24, 2.45) is 0 Å². The maximum atomic E-state index is 11.5. The number of aliphatic carboxylic acids is 1. The van der Waals surface area contributed by atoms with Crippen LogP contribution in [-0.2, 0) is 4.79 Å². The molecule has 108 valence electrons.